The number of hydrogen-bond acceptors (Lipinski definition) is 1. The molecule has 0 fully saturated rings. The third-order valence-corrected chi connectivity index (χ3v) is 6.30. The molecule has 0 aliphatic carbocycles. The molecule has 1 aromatic heterocycles. The van der Waals surface area contributed by atoms with Crippen molar-refractivity contribution in [2.45, 2.75) is 0 Å². The van der Waals surface area contributed by atoms with E-state index in [0.717, 1.165) is 4.60 Å². The van der Waals surface area contributed by atoms with Crippen LogP contribution in [0.15, 0.2) is 22.9 Å². The van der Waals surface area contributed by atoms with E-state index in [9.17, 15) is 0 Å². The van der Waals surface area contributed by atoms with Crippen LogP contribution < -0.4 is 4.16 Å². The van der Waals surface area contributed by atoms with E-state index in [1.807, 2.05) is 12.3 Å². The van der Waals surface area contributed by atoms with Crippen LogP contribution in [0.5, 0.6) is 0 Å². The van der Waals surface area contributed by atoms with E-state index in [2.05, 4.69) is 40.6 Å². The summed E-state index contributed by atoms with van der Waals surface area (Å²) in [6, 6.07) is 4.08. The Balaban J connectivity index is 2.88. The van der Waals surface area contributed by atoms with Crippen molar-refractivity contribution in [1.82, 2.24) is 4.98 Å². The normalized spacial score (nSPS) is 8.67. The summed E-state index contributed by atoms with van der Waals surface area (Å²) in [7, 11) is 0. The second-order valence-corrected chi connectivity index (χ2v) is 7.62. The van der Waals surface area contributed by atoms with Crippen LogP contribution in [0.1, 0.15) is 0 Å². The molecule has 0 spiro atoms. The molecule has 1 nitrogen and oxygen atoms in total. The van der Waals surface area contributed by atoms with E-state index in [1.54, 1.807) is 0 Å². The van der Waals surface area contributed by atoms with Crippen LogP contribution in [0, 0.1) is 0 Å². The summed E-state index contributed by atoms with van der Waals surface area (Å²) in [4.78, 5) is 4.08. The molecule has 44 valence electrons. The predicted molar refractivity (Wildman–Crippen MR) is 40.5 cm³/mol. The number of halogens is 2. The Labute approximate surface area is 76.3 Å². The first-order valence-corrected chi connectivity index (χ1v) is 11.7. The molecule has 0 radical (unpaired) electrons. The van der Waals surface area contributed by atoms with Gasteiger partial charge in [0, 0.05) is 0 Å². The fraction of sp³-hybridized carbons (Fsp3) is 0. The van der Waals surface area contributed by atoms with Crippen molar-refractivity contribution < 1.29 is 15.2 Å². The Morgan fingerprint density at radius 2 is 2.22 bits per heavy atom. The Hall–Kier alpha value is 0.733. The first-order valence-electron chi connectivity index (χ1n) is 2.49. The Kier molecular flexibility index (Phi) is 3.30. The van der Waals surface area contributed by atoms with Gasteiger partial charge >= 0.3 is 76.8 Å². The average Bonchev–Trinajstić information content (AvgIpc) is 1.90. The SMILES string of the molecule is [Br][Zn][c]1ccc(Br)nc1. The van der Waals surface area contributed by atoms with Crippen LogP contribution in [-0.2, 0) is 15.2 Å². The quantitative estimate of drug-likeness (QED) is 0.570. The van der Waals surface area contributed by atoms with Crippen LogP contribution in [-0.4, -0.2) is 4.98 Å². The molecule has 0 bridgehead atoms. The second kappa shape index (κ2) is 3.79. The number of aromatic nitrogens is 1. The van der Waals surface area contributed by atoms with Gasteiger partial charge in [-0.1, -0.05) is 0 Å². The topological polar surface area (TPSA) is 12.9 Å². The Bertz CT molecular complexity index is 187. The van der Waals surface area contributed by atoms with Crippen molar-refractivity contribution in [2.24, 2.45) is 0 Å². The van der Waals surface area contributed by atoms with Crippen LogP contribution in [0.3, 0.4) is 0 Å². The third kappa shape index (κ3) is 2.44. The summed E-state index contributed by atoms with van der Waals surface area (Å²) in [5.41, 5.74) is 0. The monoisotopic (exact) mass is 299 g/mol. The zero-order chi connectivity index (χ0) is 6.69. The van der Waals surface area contributed by atoms with Crippen LogP contribution in [0.2, 0.25) is 0 Å². The zero-order valence-electron chi connectivity index (χ0n) is 4.64. The van der Waals surface area contributed by atoms with Gasteiger partial charge in [0.15, 0.2) is 0 Å². The standard InChI is InChI=1S/C5H3BrN.BrH.Zn/c6-5-3-1-2-4-7-5;;/h1,3-4H;1H;/q;;+1/p-1. The first-order chi connectivity index (χ1) is 4.33. The molecular formula is C5H3Br2NZn. The van der Waals surface area contributed by atoms with Gasteiger partial charge in [0.05, 0.1) is 0 Å². The number of nitrogens with zero attached hydrogens (tertiary/aromatic N) is 1. The molecule has 0 aliphatic heterocycles. The van der Waals surface area contributed by atoms with Crippen molar-refractivity contribution >= 4 is 33.7 Å². The fourth-order valence-corrected chi connectivity index (χ4v) is 3.21. The van der Waals surface area contributed by atoms with Gasteiger partial charge in [0.25, 0.3) is 0 Å². The molecule has 0 atom stereocenters. The van der Waals surface area contributed by atoms with Gasteiger partial charge in [-0.3, -0.25) is 0 Å². The van der Waals surface area contributed by atoms with E-state index in [1.165, 1.54) is 4.16 Å². The third-order valence-electron chi connectivity index (χ3n) is 0.943. The van der Waals surface area contributed by atoms with Crippen LogP contribution in [0.4, 0.5) is 0 Å². The molecule has 1 aromatic rings. The molecule has 0 aliphatic rings. The maximum atomic E-state index is 4.08. The van der Waals surface area contributed by atoms with Crippen molar-refractivity contribution in [3.8, 4) is 0 Å². The van der Waals surface area contributed by atoms with Gasteiger partial charge in [0.1, 0.15) is 0 Å². The van der Waals surface area contributed by atoms with E-state index in [4.69, 9.17) is 0 Å². The Morgan fingerprint density at radius 1 is 1.44 bits per heavy atom. The Morgan fingerprint density at radius 3 is 2.67 bits per heavy atom. The minimum absolute atomic E-state index is 0.568. The molecule has 0 saturated heterocycles. The van der Waals surface area contributed by atoms with Gasteiger partial charge in [-0.05, 0) is 0 Å². The number of rotatable bonds is 1. The minimum atomic E-state index is -0.568. The number of hydrogen-bond donors (Lipinski definition) is 0. The van der Waals surface area contributed by atoms with Crippen molar-refractivity contribution in [1.29, 1.82) is 0 Å². The van der Waals surface area contributed by atoms with Gasteiger partial charge in [-0.25, -0.2) is 0 Å². The van der Waals surface area contributed by atoms with Gasteiger partial charge in [-0.15, -0.1) is 0 Å². The van der Waals surface area contributed by atoms with Crippen molar-refractivity contribution in [3.63, 3.8) is 0 Å². The summed E-state index contributed by atoms with van der Waals surface area (Å²) in [5, 5.41) is 0. The van der Waals surface area contributed by atoms with Gasteiger partial charge in [-0.2, -0.15) is 0 Å². The van der Waals surface area contributed by atoms with E-state index < -0.39 is 15.2 Å². The predicted octanol–water partition coefficient (Wildman–Crippen LogP) is 1.86. The molecule has 0 aromatic carbocycles. The summed E-state index contributed by atoms with van der Waals surface area (Å²) >= 11 is 6.22. The molecule has 0 amide bonds. The molecule has 0 N–H and O–H groups in total. The fourth-order valence-electron chi connectivity index (χ4n) is 0.485. The summed E-state index contributed by atoms with van der Waals surface area (Å²) in [6.45, 7) is 0. The molecule has 0 saturated carbocycles. The molecule has 9 heavy (non-hydrogen) atoms. The van der Waals surface area contributed by atoms with Gasteiger partial charge < -0.3 is 0 Å². The molecule has 1 rings (SSSR count). The summed E-state index contributed by atoms with van der Waals surface area (Å²) in [6.07, 6.45) is 1.92. The molecule has 1 heterocycles. The van der Waals surface area contributed by atoms with Crippen LogP contribution >= 0.6 is 29.6 Å². The average molecular weight is 302 g/mol. The van der Waals surface area contributed by atoms with E-state index in [-0.39, 0.29) is 0 Å². The summed E-state index contributed by atoms with van der Waals surface area (Å²) in [5.74, 6) is 0. The maximum absolute atomic E-state index is 4.08. The summed E-state index contributed by atoms with van der Waals surface area (Å²) < 4.78 is 2.29. The number of pyridine rings is 1. The van der Waals surface area contributed by atoms with Crippen molar-refractivity contribution in [3.05, 3.63) is 22.9 Å². The van der Waals surface area contributed by atoms with Crippen molar-refractivity contribution in [2.75, 3.05) is 0 Å². The van der Waals surface area contributed by atoms with Gasteiger partial charge in [0.2, 0.25) is 0 Å². The first kappa shape index (κ1) is 7.84. The molecular weight excluding hydrogens is 299 g/mol. The zero-order valence-corrected chi connectivity index (χ0v) is 10.8. The molecule has 4 heteroatoms. The van der Waals surface area contributed by atoms with Crippen LogP contribution in [0.25, 0.3) is 0 Å². The van der Waals surface area contributed by atoms with E-state index >= 15 is 0 Å². The van der Waals surface area contributed by atoms with E-state index in [0.29, 0.717) is 0 Å². The second-order valence-electron chi connectivity index (χ2n) is 1.62. The molecule has 0 unspecified atom stereocenters.